The number of benzene rings is 1. The van der Waals surface area contributed by atoms with E-state index in [9.17, 15) is 4.79 Å². The molecule has 1 amide bonds. The van der Waals surface area contributed by atoms with E-state index in [0.717, 1.165) is 17.1 Å². The molecule has 1 aromatic carbocycles. The lowest BCUT2D eigenvalue weighted by molar-refractivity contribution is -0.123. The van der Waals surface area contributed by atoms with Gasteiger partial charge in [0.15, 0.2) is 11.5 Å². The molecular formula is C12H15NO4. The third kappa shape index (κ3) is 3.10. The van der Waals surface area contributed by atoms with Gasteiger partial charge in [-0.25, -0.2) is 0 Å². The molecule has 17 heavy (non-hydrogen) atoms. The van der Waals surface area contributed by atoms with Crippen LogP contribution in [-0.2, 0) is 11.2 Å². The second kappa shape index (κ2) is 5.54. The van der Waals surface area contributed by atoms with E-state index in [0.29, 0.717) is 26.2 Å². The van der Waals surface area contributed by atoms with E-state index in [1.807, 2.05) is 18.2 Å². The van der Waals surface area contributed by atoms with E-state index in [1.54, 1.807) is 0 Å². The molecule has 0 fully saturated rings. The molecular weight excluding hydrogens is 222 g/mol. The van der Waals surface area contributed by atoms with Crippen molar-refractivity contribution in [3.05, 3.63) is 23.8 Å². The van der Waals surface area contributed by atoms with Crippen molar-refractivity contribution in [3.63, 3.8) is 0 Å². The maximum Gasteiger partial charge on any atom is 0.245 e. The van der Waals surface area contributed by atoms with Crippen LogP contribution in [0.15, 0.2) is 18.2 Å². The number of amides is 1. The molecule has 0 aliphatic carbocycles. The van der Waals surface area contributed by atoms with Crippen LogP contribution in [0.4, 0.5) is 0 Å². The molecule has 0 bridgehead atoms. The molecule has 0 saturated heterocycles. The highest BCUT2D eigenvalue weighted by atomic mass is 16.6. The lowest BCUT2D eigenvalue weighted by Crippen LogP contribution is -2.28. The molecule has 0 saturated carbocycles. The van der Waals surface area contributed by atoms with Crippen LogP contribution >= 0.6 is 0 Å². The van der Waals surface area contributed by atoms with Crippen molar-refractivity contribution in [2.45, 2.75) is 6.42 Å². The lowest BCUT2D eigenvalue weighted by atomic mass is 10.1. The fourth-order valence-electron chi connectivity index (χ4n) is 1.65. The predicted octanol–water partition coefficient (Wildman–Crippen LogP) is 0.109. The summed E-state index contributed by atoms with van der Waals surface area (Å²) in [5, 5.41) is 11.1. The number of hydrogen-bond donors (Lipinski definition) is 2. The van der Waals surface area contributed by atoms with Gasteiger partial charge >= 0.3 is 0 Å². The highest BCUT2D eigenvalue weighted by Gasteiger charge is 2.11. The zero-order chi connectivity index (χ0) is 12.1. The molecule has 1 aromatic rings. The van der Waals surface area contributed by atoms with Crippen LogP contribution in [-0.4, -0.2) is 37.4 Å². The molecule has 5 heteroatoms. The molecule has 92 valence electrons. The summed E-state index contributed by atoms with van der Waals surface area (Å²) in [4.78, 5) is 10.8. The highest BCUT2D eigenvalue weighted by Crippen LogP contribution is 2.30. The Bertz CT molecular complexity index is 405. The number of aliphatic hydroxyl groups is 1. The third-order valence-corrected chi connectivity index (χ3v) is 2.49. The van der Waals surface area contributed by atoms with Crippen molar-refractivity contribution in [1.82, 2.24) is 5.32 Å². The zero-order valence-corrected chi connectivity index (χ0v) is 9.44. The maximum atomic E-state index is 10.8. The molecule has 1 aliphatic heterocycles. The van der Waals surface area contributed by atoms with Gasteiger partial charge in [0, 0.05) is 6.54 Å². The fourth-order valence-corrected chi connectivity index (χ4v) is 1.65. The first-order valence-corrected chi connectivity index (χ1v) is 5.55. The molecule has 1 heterocycles. The average Bonchev–Trinajstić information content (AvgIpc) is 2.38. The summed E-state index contributed by atoms with van der Waals surface area (Å²) in [6.45, 7) is 1.18. The summed E-state index contributed by atoms with van der Waals surface area (Å²) in [5.74, 6) is 1.16. The number of carbonyl (C=O) groups excluding carboxylic acids is 1. The monoisotopic (exact) mass is 237 g/mol. The Morgan fingerprint density at radius 2 is 2.06 bits per heavy atom. The minimum atomic E-state index is -0.471. The van der Waals surface area contributed by atoms with Crippen molar-refractivity contribution >= 4 is 5.91 Å². The van der Waals surface area contributed by atoms with Crippen molar-refractivity contribution in [3.8, 4) is 11.5 Å². The number of carbonyl (C=O) groups is 1. The number of aliphatic hydroxyl groups excluding tert-OH is 1. The Kier molecular flexibility index (Phi) is 3.82. The second-order valence-corrected chi connectivity index (χ2v) is 3.74. The summed E-state index contributed by atoms with van der Waals surface area (Å²) >= 11 is 0. The van der Waals surface area contributed by atoms with Crippen LogP contribution in [0.2, 0.25) is 0 Å². The number of rotatable bonds is 4. The second-order valence-electron chi connectivity index (χ2n) is 3.74. The first kappa shape index (κ1) is 11.7. The zero-order valence-electron chi connectivity index (χ0n) is 9.44. The first-order valence-electron chi connectivity index (χ1n) is 5.55. The SMILES string of the molecule is O=C(CO)NCCc1ccc2c(c1)OCCO2. The molecule has 2 N–H and O–H groups in total. The van der Waals surface area contributed by atoms with Crippen LogP contribution in [0.1, 0.15) is 5.56 Å². The van der Waals surface area contributed by atoms with E-state index in [2.05, 4.69) is 5.32 Å². The Hall–Kier alpha value is -1.75. The van der Waals surface area contributed by atoms with Gasteiger partial charge in [0.25, 0.3) is 0 Å². The number of hydrogen-bond acceptors (Lipinski definition) is 4. The van der Waals surface area contributed by atoms with Crippen LogP contribution in [0, 0.1) is 0 Å². The number of fused-ring (bicyclic) bond motifs is 1. The van der Waals surface area contributed by atoms with E-state index < -0.39 is 6.61 Å². The topological polar surface area (TPSA) is 67.8 Å². The van der Waals surface area contributed by atoms with Gasteiger partial charge in [-0.1, -0.05) is 6.07 Å². The van der Waals surface area contributed by atoms with E-state index in [4.69, 9.17) is 14.6 Å². The molecule has 5 nitrogen and oxygen atoms in total. The van der Waals surface area contributed by atoms with Gasteiger partial charge in [-0.2, -0.15) is 0 Å². The predicted molar refractivity (Wildman–Crippen MR) is 61.2 cm³/mol. The minimum Gasteiger partial charge on any atom is -0.486 e. The van der Waals surface area contributed by atoms with Crippen LogP contribution < -0.4 is 14.8 Å². The summed E-state index contributed by atoms with van der Waals surface area (Å²) < 4.78 is 10.9. The molecule has 0 spiro atoms. The molecule has 0 unspecified atom stereocenters. The molecule has 1 aliphatic rings. The molecule has 0 radical (unpaired) electrons. The molecule has 2 rings (SSSR count). The first-order chi connectivity index (χ1) is 8.29. The fraction of sp³-hybridized carbons (Fsp3) is 0.417. The third-order valence-electron chi connectivity index (χ3n) is 2.49. The van der Waals surface area contributed by atoms with Crippen molar-refractivity contribution in [2.75, 3.05) is 26.4 Å². The van der Waals surface area contributed by atoms with Gasteiger partial charge in [0.1, 0.15) is 19.8 Å². The number of nitrogens with one attached hydrogen (secondary N) is 1. The lowest BCUT2D eigenvalue weighted by Gasteiger charge is -2.18. The Labute approximate surface area is 99.3 Å². The largest absolute Gasteiger partial charge is 0.486 e. The van der Waals surface area contributed by atoms with E-state index >= 15 is 0 Å². The van der Waals surface area contributed by atoms with Crippen LogP contribution in [0.25, 0.3) is 0 Å². The Balaban J connectivity index is 1.91. The van der Waals surface area contributed by atoms with Crippen molar-refractivity contribution < 1.29 is 19.4 Å². The van der Waals surface area contributed by atoms with Crippen molar-refractivity contribution in [2.24, 2.45) is 0 Å². The molecule has 0 aromatic heterocycles. The normalized spacial score (nSPS) is 13.2. The number of ether oxygens (including phenoxy) is 2. The summed E-state index contributed by atoms with van der Waals surface area (Å²) in [6.07, 6.45) is 0.697. The standard InChI is InChI=1S/C12H15NO4/c14-8-12(15)13-4-3-9-1-2-10-11(7-9)17-6-5-16-10/h1-2,7,14H,3-6,8H2,(H,13,15). The van der Waals surface area contributed by atoms with Gasteiger partial charge in [-0.15, -0.1) is 0 Å². The smallest absolute Gasteiger partial charge is 0.245 e. The summed E-state index contributed by atoms with van der Waals surface area (Å²) in [6, 6.07) is 5.73. The van der Waals surface area contributed by atoms with Gasteiger partial charge in [0.05, 0.1) is 0 Å². The quantitative estimate of drug-likeness (QED) is 0.780. The Morgan fingerprint density at radius 3 is 2.82 bits per heavy atom. The van der Waals surface area contributed by atoms with Crippen LogP contribution in [0.5, 0.6) is 11.5 Å². The van der Waals surface area contributed by atoms with E-state index in [1.165, 1.54) is 0 Å². The summed E-state index contributed by atoms with van der Waals surface area (Å²) in [7, 11) is 0. The molecule has 0 atom stereocenters. The van der Waals surface area contributed by atoms with Gasteiger partial charge in [0.2, 0.25) is 5.91 Å². The Morgan fingerprint density at radius 1 is 1.29 bits per heavy atom. The van der Waals surface area contributed by atoms with Gasteiger partial charge in [-0.05, 0) is 24.1 Å². The van der Waals surface area contributed by atoms with Crippen LogP contribution in [0.3, 0.4) is 0 Å². The van der Waals surface area contributed by atoms with Gasteiger partial charge in [-0.3, -0.25) is 4.79 Å². The maximum absolute atomic E-state index is 10.8. The van der Waals surface area contributed by atoms with Gasteiger partial charge < -0.3 is 19.9 Å². The summed E-state index contributed by atoms with van der Waals surface area (Å²) in [5.41, 5.74) is 1.06. The average molecular weight is 237 g/mol. The van der Waals surface area contributed by atoms with E-state index in [-0.39, 0.29) is 5.91 Å². The minimum absolute atomic E-state index is 0.359. The van der Waals surface area contributed by atoms with Crippen molar-refractivity contribution in [1.29, 1.82) is 0 Å². The highest BCUT2D eigenvalue weighted by molar-refractivity contribution is 5.76.